The summed E-state index contributed by atoms with van der Waals surface area (Å²) in [5.74, 6) is -0.0423. The van der Waals surface area contributed by atoms with Gasteiger partial charge in [-0.05, 0) is 27.2 Å². The molecule has 3 atom stereocenters. The molecular weight excluding hydrogens is 339 g/mol. The molecule has 0 spiro atoms. The Morgan fingerprint density at radius 2 is 1.45 bits per heavy atom. The molecule has 1 saturated carbocycles. The van der Waals surface area contributed by atoms with E-state index in [2.05, 4.69) is 14.8 Å². The molecule has 1 fully saturated rings. The van der Waals surface area contributed by atoms with E-state index in [0.717, 1.165) is 0 Å². The summed E-state index contributed by atoms with van der Waals surface area (Å²) in [7, 11) is 0.592. The first-order chi connectivity index (χ1) is 10.7. The summed E-state index contributed by atoms with van der Waals surface area (Å²) < 4.78 is 2.26. The Bertz CT molecular complexity index is 321. The average molecular weight is 367 g/mol. The molecule has 0 aromatic heterocycles. The fourth-order valence-electron chi connectivity index (χ4n) is 2.49. The summed E-state index contributed by atoms with van der Waals surface area (Å²) in [5.41, 5.74) is 11.4. The van der Waals surface area contributed by atoms with Crippen LogP contribution < -0.4 is 21.2 Å². The van der Waals surface area contributed by atoms with Gasteiger partial charge in [0.2, 0.25) is 11.8 Å². The van der Waals surface area contributed by atoms with E-state index in [4.69, 9.17) is 11.0 Å². The van der Waals surface area contributed by atoms with Crippen LogP contribution in [0.1, 0.15) is 44.9 Å². The van der Waals surface area contributed by atoms with E-state index in [1.807, 2.05) is 0 Å². The van der Waals surface area contributed by atoms with Crippen molar-refractivity contribution < 1.29 is 9.59 Å². The Hall–Kier alpha value is 0.110. The van der Waals surface area contributed by atoms with Crippen LogP contribution in [0.2, 0.25) is 0 Å². The molecule has 2 amide bonds. The first-order valence-corrected chi connectivity index (χ1v) is 10.8. The first-order valence-electron chi connectivity index (χ1n) is 7.65. The molecule has 0 saturated heterocycles. The second-order valence-electron chi connectivity index (χ2n) is 5.34. The third-order valence-electron chi connectivity index (χ3n) is 3.61. The smallest absolute Gasteiger partial charge is 0.225 e. The van der Waals surface area contributed by atoms with Crippen molar-refractivity contribution in [2.45, 2.75) is 50.6 Å². The van der Waals surface area contributed by atoms with E-state index in [-0.39, 0.29) is 29.6 Å². The minimum Gasteiger partial charge on any atom is -0.325 e. The van der Waals surface area contributed by atoms with Crippen LogP contribution in [0.4, 0.5) is 0 Å². The van der Waals surface area contributed by atoms with E-state index in [1.54, 1.807) is 0 Å². The molecule has 1 aliphatic carbocycles. The van der Waals surface area contributed by atoms with Crippen molar-refractivity contribution in [3.63, 3.8) is 0 Å². The van der Waals surface area contributed by atoms with Crippen molar-refractivity contribution in [3.05, 3.63) is 0 Å². The second kappa shape index (κ2) is 12.5. The van der Waals surface area contributed by atoms with Crippen LogP contribution in [0.25, 0.3) is 0 Å². The van der Waals surface area contributed by atoms with Gasteiger partial charge in [0, 0.05) is 43.7 Å². The SMILES string of the molecule is NPNC(=O)CCN(CCC(=O)NPN)PC1CCCCC1. The lowest BCUT2D eigenvalue weighted by molar-refractivity contribution is -0.119. The quantitative estimate of drug-likeness (QED) is 0.433. The Morgan fingerprint density at radius 1 is 0.955 bits per heavy atom. The molecule has 0 radical (unpaired) electrons. The Balaban J connectivity index is 2.40. The molecular formula is C12H28N5O2P3. The fraction of sp³-hybridized carbons (Fsp3) is 0.833. The summed E-state index contributed by atoms with van der Waals surface area (Å²) in [5, 5.41) is 5.28. The fourth-order valence-corrected chi connectivity index (χ4v) is 4.73. The van der Waals surface area contributed by atoms with Gasteiger partial charge in [0.1, 0.15) is 0 Å². The number of amides is 2. The molecule has 6 N–H and O–H groups in total. The van der Waals surface area contributed by atoms with Crippen molar-refractivity contribution in [3.8, 4) is 0 Å². The summed E-state index contributed by atoms with van der Waals surface area (Å²) in [6, 6.07) is 0. The lowest BCUT2D eigenvalue weighted by Gasteiger charge is -2.29. The highest BCUT2D eigenvalue weighted by Gasteiger charge is 2.18. The molecule has 0 heterocycles. The minimum absolute atomic E-state index is 0.0211. The molecule has 7 nitrogen and oxygen atoms in total. The summed E-state index contributed by atoms with van der Waals surface area (Å²) in [4.78, 5) is 23.2. The monoisotopic (exact) mass is 367 g/mol. The van der Waals surface area contributed by atoms with Gasteiger partial charge < -0.3 is 10.2 Å². The van der Waals surface area contributed by atoms with Gasteiger partial charge >= 0.3 is 0 Å². The van der Waals surface area contributed by atoms with E-state index in [9.17, 15) is 9.59 Å². The zero-order valence-electron chi connectivity index (χ0n) is 12.9. The maximum atomic E-state index is 11.6. The second-order valence-corrected chi connectivity index (χ2v) is 8.12. The number of nitrogens with one attached hydrogen (secondary N) is 2. The number of nitrogens with two attached hydrogens (primary N) is 2. The Labute approximate surface area is 138 Å². The molecule has 0 aromatic carbocycles. The molecule has 22 heavy (non-hydrogen) atoms. The summed E-state index contributed by atoms with van der Waals surface area (Å²) in [6.07, 6.45) is 7.34. The van der Waals surface area contributed by atoms with Crippen LogP contribution in [0.5, 0.6) is 0 Å². The van der Waals surface area contributed by atoms with Crippen LogP contribution in [-0.4, -0.2) is 35.2 Å². The van der Waals surface area contributed by atoms with Crippen LogP contribution in [-0.2, 0) is 9.59 Å². The van der Waals surface area contributed by atoms with Gasteiger partial charge in [0.25, 0.3) is 0 Å². The molecule has 128 valence electrons. The minimum atomic E-state index is -0.0494. The number of nitrogens with zero attached hydrogens (tertiary/aromatic N) is 1. The van der Waals surface area contributed by atoms with E-state index >= 15 is 0 Å². The van der Waals surface area contributed by atoms with Crippen LogP contribution in [0, 0.1) is 0 Å². The predicted molar refractivity (Wildman–Crippen MR) is 97.3 cm³/mol. The largest absolute Gasteiger partial charge is 0.325 e. The van der Waals surface area contributed by atoms with Crippen molar-refractivity contribution in [2.24, 2.45) is 11.0 Å². The summed E-state index contributed by atoms with van der Waals surface area (Å²) in [6.45, 7) is 1.37. The normalized spacial score (nSPS) is 17.4. The van der Waals surface area contributed by atoms with Crippen LogP contribution >= 0.6 is 26.5 Å². The summed E-state index contributed by atoms with van der Waals surface area (Å²) >= 11 is 0. The van der Waals surface area contributed by atoms with E-state index in [0.29, 0.717) is 40.3 Å². The standard InChI is InChI=1S/C12H28N5O2P3/c13-21-15-11(18)6-8-17(9-7-12(19)16-22-14)20-10-4-2-1-3-5-10/h10,20-22H,1-9,13-14H2,(H,15,18)(H,16,19). The number of carbonyl (C=O) groups excluding carboxylic acids is 2. The molecule has 0 bridgehead atoms. The van der Waals surface area contributed by atoms with Gasteiger partial charge in [-0.15, -0.1) is 0 Å². The molecule has 3 unspecified atom stereocenters. The maximum absolute atomic E-state index is 11.6. The number of hydrogen-bond acceptors (Lipinski definition) is 5. The number of rotatable bonds is 10. The molecule has 0 aromatic rings. The average Bonchev–Trinajstić information content (AvgIpc) is 2.51. The van der Waals surface area contributed by atoms with E-state index < -0.39 is 0 Å². The Kier molecular flexibility index (Phi) is 11.5. The van der Waals surface area contributed by atoms with Gasteiger partial charge in [0.15, 0.2) is 0 Å². The predicted octanol–water partition coefficient (Wildman–Crippen LogP) is 1.16. The van der Waals surface area contributed by atoms with Crippen molar-refractivity contribution in [1.82, 2.24) is 14.8 Å². The number of hydrogen-bond donors (Lipinski definition) is 4. The topological polar surface area (TPSA) is 113 Å². The van der Waals surface area contributed by atoms with Gasteiger partial charge in [-0.2, -0.15) is 0 Å². The number of carbonyl (C=O) groups is 2. The third kappa shape index (κ3) is 9.29. The van der Waals surface area contributed by atoms with Gasteiger partial charge in [-0.1, -0.05) is 19.3 Å². The highest BCUT2D eigenvalue weighted by Crippen LogP contribution is 2.35. The van der Waals surface area contributed by atoms with Crippen LogP contribution in [0.3, 0.4) is 0 Å². The van der Waals surface area contributed by atoms with Gasteiger partial charge in [-0.25, -0.2) is 0 Å². The Morgan fingerprint density at radius 3 is 1.91 bits per heavy atom. The van der Waals surface area contributed by atoms with Crippen molar-refractivity contribution in [1.29, 1.82) is 0 Å². The highest BCUT2D eigenvalue weighted by atomic mass is 31.1. The van der Waals surface area contributed by atoms with E-state index in [1.165, 1.54) is 32.1 Å². The van der Waals surface area contributed by atoms with Crippen LogP contribution in [0.15, 0.2) is 0 Å². The van der Waals surface area contributed by atoms with Gasteiger partial charge in [-0.3, -0.25) is 25.3 Å². The van der Waals surface area contributed by atoms with Crippen molar-refractivity contribution >= 4 is 38.3 Å². The molecule has 1 aliphatic rings. The molecule has 0 aliphatic heterocycles. The maximum Gasteiger partial charge on any atom is 0.225 e. The van der Waals surface area contributed by atoms with Gasteiger partial charge in [0.05, 0.1) is 0 Å². The molecule has 10 heteroatoms. The first kappa shape index (κ1) is 20.2. The third-order valence-corrected chi connectivity index (χ3v) is 6.21. The van der Waals surface area contributed by atoms with Crippen molar-refractivity contribution in [2.75, 3.05) is 13.1 Å². The highest BCUT2D eigenvalue weighted by molar-refractivity contribution is 7.36. The zero-order valence-corrected chi connectivity index (χ0v) is 15.9. The lowest BCUT2D eigenvalue weighted by Crippen LogP contribution is -2.29. The zero-order chi connectivity index (χ0) is 16.2. The molecule has 1 rings (SSSR count). The lowest BCUT2D eigenvalue weighted by atomic mass is 10.0.